The Morgan fingerprint density at radius 3 is 2.63 bits per heavy atom. The lowest BCUT2D eigenvalue weighted by molar-refractivity contribution is 0.254. The second kappa shape index (κ2) is 6.49. The Bertz CT molecular complexity index is 445. The number of aryl methyl sites for hydroxylation is 1. The molecule has 0 bridgehead atoms. The summed E-state index contributed by atoms with van der Waals surface area (Å²) in [6.07, 6.45) is 5.31. The molecule has 0 spiro atoms. The lowest BCUT2D eigenvalue weighted by atomic mass is 9.78. The van der Waals surface area contributed by atoms with Crippen molar-refractivity contribution in [1.29, 1.82) is 0 Å². The van der Waals surface area contributed by atoms with Gasteiger partial charge in [-0.15, -0.1) is 0 Å². The fraction of sp³-hybridized carbons (Fsp3) is 0.625. The monoisotopic (exact) mass is 343 g/mol. The number of nitrogens with one attached hydrogen (secondary N) is 1. The van der Waals surface area contributed by atoms with E-state index in [1.54, 1.807) is 0 Å². The Kier molecular flexibility index (Phi) is 5.19. The molecule has 0 saturated heterocycles. The fourth-order valence-corrected chi connectivity index (χ4v) is 3.83. The molecule has 2 rings (SSSR count). The van der Waals surface area contributed by atoms with Crippen molar-refractivity contribution in [3.8, 4) is 0 Å². The van der Waals surface area contributed by atoms with Crippen molar-refractivity contribution >= 4 is 33.2 Å². The van der Waals surface area contributed by atoms with Gasteiger partial charge in [-0.3, -0.25) is 0 Å². The van der Waals surface area contributed by atoms with Crippen molar-refractivity contribution in [2.45, 2.75) is 52.5 Å². The van der Waals surface area contributed by atoms with E-state index >= 15 is 0 Å². The molecule has 0 aliphatic heterocycles. The van der Waals surface area contributed by atoms with Crippen LogP contribution in [0.15, 0.2) is 16.6 Å². The molecule has 1 aliphatic carbocycles. The van der Waals surface area contributed by atoms with Crippen LogP contribution in [0.25, 0.3) is 0 Å². The topological polar surface area (TPSA) is 12.0 Å². The Hall–Kier alpha value is -0.210. The van der Waals surface area contributed by atoms with Gasteiger partial charge in [0.2, 0.25) is 0 Å². The lowest BCUT2D eigenvalue weighted by Gasteiger charge is -2.36. The number of benzene rings is 1. The van der Waals surface area contributed by atoms with Crippen LogP contribution in [0, 0.1) is 18.8 Å². The van der Waals surface area contributed by atoms with Crippen LogP contribution in [0.3, 0.4) is 0 Å². The van der Waals surface area contributed by atoms with E-state index in [1.165, 1.54) is 25.7 Å². The van der Waals surface area contributed by atoms with Crippen LogP contribution in [0.1, 0.15) is 45.1 Å². The summed E-state index contributed by atoms with van der Waals surface area (Å²) in [7, 11) is 0. The molecule has 1 N–H and O–H groups in total. The predicted molar refractivity (Wildman–Crippen MR) is 88.1 cm³/mol. The Balaban J connectivity index is 2.17. The molecule has 3 heteroatoms. The Morgan fingerprint density at radius 2 is 1.95 bits per heavy atom. The molecule has 0 amide bonds. The number of rotatable bonds is 3. The summed E-state index contributed by atoms with van der Waals surface area (Å²) in [5.41, 5.74) is 2.25. The van der Waals surface area contributed by atoms with Crippen molar-refractivity contribution < 1.29 is 0 Å². The van der Waals surface area contributed by atoms with Crippen molar-refractivity contribution in [3.63, 3.8) is 0 Å². The van der Waals surface area contributed by atoms with Crippen molar-refractivity contribution in [2.24, 2.45) is 11.8 Å². The van der Waals surface area contributed by atoms with Gasteiger partial charge >= 0.3 is 0 Å². The highest BCUT2D eigenvalue weighted by molar-refractivity contribution is 9.10. The molecule has 1 aliphatic rings. The van der Waals surface area contributed by atoms with Gasteiger partial charge in [-0.25, -0.2) is 0 Å². The van der Waals surface area contributed by atoms with Gasteiger partial charge in [-0.05, 0) is 65.2 Å². The van der Waals surface area contributed by atoms with E-state index in [9.17, 15) is 0 Å². The van der Waals surface area contributed by atoms with Gasteiger partial charge in [-0.2, -0.15) is 0 Å². The van der Waals surface area contributed by atoms with Gasteiger partial charge in [-0.1, -0.05) is 38.3 Å². The van der Waals surface area contributed by atoms with E-state index in [4.69, 9.17) is 11.6 Å². The first-order chi connectivity index (χ1) is 8.99. The average Bonchev–Trinajstić information content (AvgIpc) is 2.36. The first kappa shape index (κ1) is 15.2. The average molecular weight is 345 g/mol. The highest BCUT2D eigenvalue weighted by Crippen LogP contribution is 2.35. The third-order valence-corrected chi connectivity index (χ3v) is 5.33. The molecule has 1 fully saturated rings. The van der Waals surface area contributed by atoms with E-state index in [0.717, 1.165) is 32.6 Å². The molecule has 19 heavy (non-hydrogen) atoms. The quantitative estimate of drug-likeness (QED) is 0.705. The smallest absolute Gasteiger partial charge is 0.0502 e. The second-order valence-corrected chi connectivity index (χ2v) is 7.29. The molecule has 1 nitrogen and oxygen atoms in total. The van der Waals surface area contributed by atoms with E-state index < -0.39 is 0 Å². The maximum Gasteiger partial charge on any atom is 0.0502 e. The number of hydrogen-bond donors (Lipinski definition) is 1. The van der Waals surface area contributed by atoms with E-state index in [2.05, 4.69) is 41.2 Å². The molecular weight excluding hydrogens is 322 g/mol. The molecule has 1 aromatic carbocycles. The summed E-state index contributed by atoms with van der Waals surface area (Å²) in [6, 6.07) is 4.72. The van der Waals surface area contributed by atoms with Crippen LogP contribution in [0.4, 0.5) is 5.69 Å². The number of hydrogen-bond acceptors (Lipinski definition) is 1. The summed E-state index contributed by atoms with van der Waals surface area (Å²) in [4.78, 5) is 0. The standard InChI is InChI=1S/C16H23BrClN/c1-10(2)12-6-4-5-7-15(12)19-16-9-14(18)11(3)8-13(16)17/h8-10,12,15,19H,4-7H2,1-3H3. The van der Waals surface area contributed by atoms with Gasteiger partial charge < -0.3 is 5.32 Å². The van der Waals surface area contributed by atoms with Gasteiger partial charge in [0.1, 0.15) is 0 Å². The van der Waals surface area contributed by atoms with E-state index in [0.29, 0.717) is 6.04 Å². The molecule has 2 unspecified atom stereocenters. The Morgan fingerprint density at radius 1 is 1.26 bits per heavy atom. The van der Waals surface area contributed by atoms with Crippen LogP contribution < -0.4 is 5.32 Å². The lowest BCUT2D eigenvalue weighted by Crippen LogP contribution is -2.35. The predicted octanol–water partition coefficient (Wildman–Crippen LogP) is 6.04. The van der Waals surface area contributed by atoms with Crippen LogP contribution in [-0.2, 0) is 0 Å². The van der Waals surface area contributed by atoms with Crippen molar-refractivity contribution in [1.82, 2.24) is 0 Å². The van der Waals surface area contributed by atoms with Crippen LogP contribution in [0.5, 0.6) is 0 Å². The summed E-state index contributed by atoms with van der Waals surface area (Å²) in [6.45, 7) is 6.71. The molecule has 2 atom stereocenters. The van der Waals surface area contributed by atoms with Crippen molar-refractivity contribution in [3.05, 3.63) is 27.2 Å². The van der Waals surface area contributed by atoms with Crippen molar-refractivity contribution in [2.75, 3.05) is 5.32 Å². The van der Waals surface area contributed by atoms with Gasteiger partial charge in [0.25, 0.3) is 0 Å². The molecule has 106 valence electrons. The Labute approximate surface area is 130 Å². The minimum atomic E-state index is 0.573. The zero-order valence-electron chi connectivity index (χ0n) is 12.0. The summed E-state index contributed by atoms with van der Waals surface area (Å²) in [5.74, 6) is 1.50. The summed E-state index contributed by atoms with van der Waals surface area (Å²) < 4.78 is 1.11. The van der Waals surface area contributed by atoms with E-state index in [-0.39, 0.29) is 0 Å². The minimum absolute atomic E-state index is 0.573. The molecule has 1 aromatic rings. The SMILES string of the molecule is Cc1cc(Br)c(NC2CCCCC2C(C)C)cc1Cl. The highest BCUT2D eigenvalue weighted by atomic mass is 79.9. The molecule has 0 heterocycles. The summed E-state index contributed by atoms with van der Waals surface area (Å²) in [5, 5.41) is 4.55. The zero-order chi connectivity index (χ0) is 14.0. The first-order valence-corrected chi connectivity index (χ1v) is 8.38. The maximum absolute atomic E-state index is 6.24. The highest BCUT2D eigenvalue weighted by Gasteiger charge is 2.27. The number of anilines is 1. The second-order valence-electron chi connectivity index (χ2n) is 6.02. The largest absolute Gasteiger partial charge is 0.381 e. The molecular formula is C16H23BrClN. The van der Waals surface area contributed by atoms with Gasteiger partial charge in [0.15, 0.2) is 0 Å². The normalized spacial score (nSPS) is 23.7. The summed E-state index contributed by atoms with van der Waals surface area (Å²) >= 11 is 9.89. The van der Waals surface area contributed by atoms with Crippen LogP contribution in [-0.4, -0.2) is 6.04 Å². The van der Waals surface area contributed by atoms with Crippen LogP contribution in [0.2, 0.25) is 5.02 Å². The third kappa shape index (κ3) is 3.66. The molecule has 1 saturated carbocycles. The molecule has 0 aromatic heterocycles. The first-order valence-electron chi connectivity index (χ1n) is 7.21. The number of halogens is 2. The van der Waals surface area contributed by atoms with E-state index in [1.807, 2.05) is 13.0 Å². The van der Waals surface area contributed by atoms with Gasteiger partial charge in [0.05, 0.1) is 5.69 Å². The third-order valence-electron chi connectivity index (χ3n) is 4.26. The maximum atomic E-state index is 6.24. The zero-order valence-corrected chi connectivity index (χ0v) is 14.3. The minimum Gasteiger partial charge on any atom is -0.381 e. The fourth-order valence-electron chi connectivity index (χ4n) is 3.09. The van der Waals surface area contributed by atoms with Gasteiger partial charge in [0, 0.05) is 15.5 Å². The van der Waals surface area contributed by atoms with Crippen LogP contribution >= 0.6 is 27.5 Å². The molecule has 0 radical (unpaired) electrons.